The quantitative estimate of drug-likeness (QED) is 0.680. The van der Waals surface area contributed by atoms with E-state index in [1.165, 1.54) is 10.9 Å². The molecule has 1 heterocycles. The van der Waals surface area contributed by atoms with Gasteiger partial charge in [0.25, 0.3) is 0 Å². The second-order valence-corrected chi connectivity index (χ2v) is 5.90. The Labute approximate surface area is 96.6 Å². The van der Waals surface area contributed by atoms with Crippen molar-refractivity contribution in [3.8, 4) is 0 Å². The number of nitrogens with zero attached hydrogens (tertiary/aromatic N) is 2. The summed E-state index contributed by atoms with van der Waals surface area (Å²) in [5.74, 6) is 0. The van der Waals surface area contributed by atoms with Crippen LogP contribution >= 0.6 is 0 Å². The van der Waals surface area contributed by atoms with Crippen molar-refractivity contribution < 1.29 is 9.53 Å². The number of imidazole rings is 1. The molecule has 0 aliphatic carbocycles. The van der Waals surface area contributed by atoms with Gasteiger partial charge in [-0.2, -0.15) is 0 Å². The van der Waals surface area contributed by atoms with Crippen LogP contribution in [0.4, 0.5) is 4.79 Å². The molecule has 16 heavy (non-hydrogen) atoms. The highest BCUT2D eigenvalue weighted by Gasteiger charge is 2.21. The van der Waals surface area contributed by atoms with Crippen LogP contribution in [0.25, 0.3) is 0 Å². The van der Waals surface area contributed by atoms with E-state index in [-0.39, 0.29) is 5.41 Å². The summed E-state index contributed by atoms with van der Waals surface area (Å²) < 4.78 is 6.61. The van der Waals surface area contributed by atoms with Gasteiger partial charge >= 0.3 is 6.09 Å². The predicted molar refractivity (Wildman–Crippen MR) is 62.6 cm³/mol. The third-order valence-electron chi connectivity index (χ3n) is 1.96. The van der Waals surface area contributed by atoms with Crippen molar-refractivity contribution in [2.75, 3.05) is 0 Å². The summed E-state index contributed by atoms with van der Waals surface area (Å²) in [4.78, 5) is 15.9. The average Bonchev–Trinajstić information content (AvgIpc) is 2.46. The van der Waals surface area contributed by atoms with Gasteiger partial charge in [0, 0.05) is 11.6 Å². The van der Waals surface area contributed by atoms with Crippen molar-refractivity contribution in [1.29, 1.82) is 0 Å². The first-order valence-electron chi connectivity index (χ1n) is 5.37. The number of aromatic nitrogens is 2. The lowest BCUT2D eigenvalue weighted by atomic mass is 9.93. The Morgan fingerprint density at radius 2 is 1.81 bits per heavy atom. The number of carbonyl (C=O) groups excluding carboxylic acids is 1. The van der Waals surface area contributed by atoms with E-state index in [1.54, 1.807) is 6.20 Å². The van der Waals surface area contributed by atoms with Crippen molar-refractivity contribution in [3.05, 3.63) is 18.2 Å². The molecule has 4 nitrogen and oxygen atoms in total. The topological polar surface area (TPSA) is 44.1 Å². The van der Waals surface area contributed by atoms with Crippen molar-refractivity contribution in [3.63, 3.8) is 0 Å². The lowest BCUT2D eigenvalue weighted by Crippen LogP contribution is -2.26. The average molecular weight is 224 g/mol. The Bertz CT molecular complexity index is 380. The van der Waals surface area contributed by atoms with Crippen LogP contribution in [0.15, 0.2) is 12.5 Å². The van der Waals surface area contributed by atoms with Gasteiger partial charge in [-0.25, -0.2) is 14.3 Å². The van der Waals surface area contributed by atoms with Crippen molar-refractivity contribution in [1.82, 2.24) is 9.55 Å². The molecule has 90 valence electrons. The minimum Gasteiger partial charge on any atom is -0.443 e. The number of ether oxygens (including phenoxy) is 1. The van der Waals surface area contributed by atoms with Gasteiger partial charge in [0.2, 0.25) is 0 Å². The molecule has 0 aliphatic rings. The number of carbonyl (C=O) groups is 1. The van der Waals surface area contributed by atoms with Gasteiger partial charge in [-0.05, 0) is 20.8 Å². The highest BCUT2D eigenvalue weighted by atomic mass is 16.6. The fraction of sp³-hybridized carbons (Fsp3) is 0.667. The maximum Gasteiger partial charge on any atom is 0.419 e. The van der Waals surface area contributed by atoms with Crippen LogP contribution in [0.3, 0.4) is 0 Å². The molecule has 0 aromatic carbocycles. The van der Waals surface area contributed by atoms with Crippen LogP contribution in [0.2, 0.25) is 0 Å². The predicted octanol–water partition coefficient (Wildman–Crippen LogP) is 2.96. The molecule has 0 radical (unpaired) electrons. The normalized spacial score (nSPS) is 12.6. The largest absolute Gasteiger partial charge is 0.443 e. The van der Waals surface area contributed by atoms with E-state index < -0.39 is 11.7 Å². The standard InChI is InChI=1S/C12H20N2O2/c1-11(2,3)9-7-14(8-13-9)10(15)16-12(4,5)6/h7-8H,1-6H3. The Kier molecular flexibility index (Phi) is 3.13. The third-order valence-corrected chi connectivity index (χ3v) is 1.96. The first kappa shape index (κ1) is 12.7. The lowest BCUT2D eigenvalue weighted by Gasteiger charge is -2.19. The summed E-state index contributed by atoms with van der Waals surface area (Å²) in [6, 6.07) is 0. The second kappa shape index (κ2) is 3.92. The highest BCUT2D eigenvalue weighted by molar-refractivity contribution is 5.70. The summed E-state index contributed by atoms with van der Waals surface area (Å²) in [5, 5.41) is 0. The van der Waals surface area contributed by atoms with Crippen LogP contribution in [0.5, 0.6) is 0 Å². The fourth-order valence-electron chi connectivity index (χ4n) is 1.12. The molecule has 0 fully saturated rings. The molecular weight excluding hydrogens is 204 g/mol. The van der Waals surface area contributed by atoms with Crippen LogP contribution in [-0.2, 0) is 10.2 Å². The smallest absolute Gasteiger partial charge is 0.419 e. The van der Waals surface area contributed by atoms with Crippen LogP contribution < -0.4 is 0 Å². The minimum absolute atomic E-state index is 0.0622. The molecule has 0 amide bonds. The molecule has 0 aliphatic heterocycles. The van der Waals surface area contributed by atoms with Gasteiger partial charge in [0.05, 0.1) is 5.69 Å². The summed E-state index contributed by atoms with van der Waals surface area (Å²) in [7, 11) is 0. The zero-order valence-electron chi connectivity index (χ0n) is 10.9. The first-order chi connectivity index (χ1) is 7.09. The number of rotatable bonds is 0. The molecule has 1 aromatic heterocycles. The Balaban J connectivity index is 2.83. The Morgan fingerprint density at radius 3 is 2.19 bits per heavy atom. The van der Waals surface area contributed by atoms with Gasteiger partial charge in [-0.15, -0.1) is 0 Å². The fourth-order valence-corrected chi connectivity index (χ4v) is 1.12. The molecule has 1 aromatic rings. The highest BCUT2D eigenvalue weighted by Crippen LogP contribution is 2.20. The van der Waals surface area contributed by atoms with E-state index in [4.69, 9.17) is 4.74 Å². The molecule has 0 saturated carbocycles. The minimum atomic E-state index is -0.483. The Hall–Kier alpha value is -1.32. The van der Waals surface area contributed by atoms with E-state index in [0.717, 1.165) is 5.69 Å². The Morgan fingerprint density at radius 1 is 1.25 bits per heavy atom. The van der Waals surface area contributed by atoms with Crippen molar-refractivity contribution in [2.24, 2.45) is 0 Å². The van der Waals surface area contributed by atoms with E-state index in [2.05, 4.69) is 25.8 Å². The number of hydrogen-bond donors (Lipinski definition) is 0. The van der Waals surface area contributed by atoms with Gasteiger partial charge in [0.1, 0.15) is 11.9 Å². The van der Waals surface area contributed by atoms with Gasteiger partial charge in [-0.1, -0.05) is 20.8 Å². The van der Waals surface area contributed by atoms with E-state index >= 15 is 0 Å². The SMILES string of the molecule is CC(C)(C)OC(=O)n1cnc(C(C)(C)C)c1. The van der Waals surface area contributed by atoms with Gasteiger partial charge in [-0.3, -0.25) is 0 Å². The number of hydrogen-bond acceptors (Lipinski definition) is 3. The van der Waals surface area contributed by atoms with Crippen molar-refractivity contribution in [2.45, 2.75) is 52.6 Å². The van der Waals surface area contributed by atoms with Gasteiger partial charge in [0.15, 0.2) is 0 Å². The van der Waals surface area contributed by atoms with Crippen LogP contribution in [0, 0.1) is 0 Å². The maximum atomic E-state index is 11.7. The zero-order chi connectivity index (χ0) is 12.6. The molecular formula is C12H20N2O2. The molecule has 1 rings (SSSR count). The molecule has 0 unspecified atom stereocenters. The molecule has 0 bridgehead atoms. The monoisotopic (exact) mass is 224 g/mol. The summed E-state index contributed by atoms with van der Waals surface area (Å²) >= 11 is 0. The van der Waals surface area contributed by atoms with E-state index in [0.29, 0.717) is 0 Å². The van der Waals surface area contributed by atoms with Crippen LogP contribution in [-0.4, -0.2) is 21.2 Å². The summed E-state index contributed by atoms with van der Waals surface area (Å²) in [6.07, 6.45) is 2.82. The maximum absolute atomic E-state index is 11.7. The summed E-state index contributed by atoms with van der Waals surface area (Å²) in [5.41, 5.74) is 0.328. The lowest BCUT2D eigenvalue weighted by molar-refractivity contribution is 0.0536. The molecule has 0 N–H and O–H groups in total. The second-order valence-electron chi connectivity index (χ2n) is 5.90. The molecule has 4 heteroatoms. The van der Waals surface area contributed by atoms with E-state index in [1.807, 2.05) is 20.8 Å². The zero-order valence-corrected chi connectivity index (χ0v) is 10.9. The molecule has 0 spiro atoms. The molecule has 0 saturated heterocycles. The third kappa shape index (κ3) is 3.36. The van der Waals surface area contributed by atoms with Gasteiger partial charge < -0.3 is 4.74 Å². The summed E-state index contributed by atoms with van der Waals surface area (Å²) in [6.45, 7) is 11.7. The molecule has 0 atom stereocenters. The van der Waals surface area contributed by atoms with Crippen LogP contribution in [0.1, 0.15) is 47.2 Å². The first-order valence-corrected chi connectivity index (χ1v) is 5.37. The van der Waals surface area contributed by atoms with Crippen molar-refractivity contribution >= 4 is 6.09 Å². The van der Waals surface area contributed by atoms with E-state index in [9.17, 15) is 4.79 Å².